The second-order valence-corrected chi connectivity index (χ2v) is 7.68. The van der Waals surface area contributed by atoms with Crippen molar-refractivity contribution in [3.05, 3.63) is 47.3 Å². The van der Waals surface area contributed by atoms with Gasteiger partial charge in [-0.25, -0.2) is 0 Å². The number of piperazine rings is 1. The number of benzene rings is 1. The fourth-order valence-electron chi connectivity index (χ4n) is 3.97. The third-order valence-electron chi connectivity index (χ3n) is 5.60. The number of hydrogen-bond acceptors (Lipinski definition) is 5. The smallest absolute Gasteiger partial charge is 0.227 e. The van der Waals surface area contributed by atoms with Gasteiger partial charge in [0.1, 0.15) is 0 Å². The van der Waals surface area contributed by atoms with E-state index < -0.39 is 0 Å². The molecule has 148 valence electrons. The van der Waals surface area contributed by atoms with Gasteiger partial charge in [-0.3, -0.25) is 14.5 Å². The van der Waals surface area contributed by atoms with Crippen LogP contribution in [0.25, 0.3) is 0 Å². The number of nitrogens with zero attached hydrogens (tertiary/aromatic N) is 3. The van der Waals surface area contributed by atoms with Gasteiger partial charge in [0.05, 0.1) is 12.2 Å². The van der Waals surface area contributed by atoms with Crippen LogP contribution in [0.2, 0.25) is 0 Å². The SMILES string of the molecule is Cc1cc(CN2CCN(C(=O)CCC3Cc4ccccc4NC3=O)CC2)on1. The minimum atomic E-state index is -0.130. The van der Waals surface area contributed by atoms with Crippen LogP contribution in [-0.2, 0) is 22.6 Å². The Morgan fingerprint density at radius 3 is 2.79 bits per heavy atom. The number of aryl methyl sites for hydroxylation is 1. The van der Waals surface area contributed by atoms with E-state index >= 15 is 0 Å². The van der Waals surface area contributed by atoms with Gasteiger partial charge in [-0.15, -0.1) is 0 Å². The fraction of sp³-hybridized carbons (Fsp3) is 0.476. The van der Waals surface area contributed by atoms with E-state index in [1.54, 1.807) is 0 Å². The Hall–Kier alpha value is -2.67. The Labute approximate surface area is 164 Å². The first-order chi connectivity index (χ1) is 13.6. The molecule has 0 aliphatic carbocycles. The van der Waals surface area contributed by atoms with Crippen molar-refractivity contribution >= 4 is 17.5 Å². The lowest BCUT2D eigenvalue weighted by atomic mass is 9.89. The molecule has 2 aromatic rings. The summed E-state index contributed by atoms with van der Waals surface area (Å²) >= 11 is 0. The molecule has 28 heavy (non-hydrogen) atoms. The fourth-order valence-corrected chi connectivity index (χ4v) is 3.97. The number of hydrogen-bond donors (Lipinski definition) is 1. The van der Waals surface area contributed by atoms with Crippen molar-refractivity contribution in [3.8, 4) is 0 Å². The maximum absolute atomic E-state index is 12.6. The molecule has 2 aliphatic rings. The Morgan fingerprint density at radius 2 is 2.04 bits per heavy atom. The molecule has 1 saturated heterocycles. The molecule has 2 amide bonds. The van der Waals surface area contributed by atoms with E-state index in [4.69, 9.17) is 4.52 Å². The summed E-state index contributed by atoms with van der Waals surface area (Å²) < 4.78 is 5.27. The van der Waals surface area contributed by atoms with Crippen molar-refractivity contribution in [1.82, 2.24) is 15.0 Å². The van der Waals surface area contributed by atoms with E-state index in [1.165, 1.54) is 0 Å². The monoisotopic (exact) mass is 382 g/mol. The molecule has 1 N–H and O–H groups in total. The van der Waals surface area contributed by atoms with Crippen LogP contribution < -0.4 is 5.32 Å². The normalized spacial score (nSPS) is 20.0. The minimum Gasteiger partial charge on any atom is -0.360 e. The van der Waals surface area contributed by atoms with Gasteiger partial charge in [-0.05, 0) is 31.4 Å². The topological polar surface area (TPSA) is 78.7 Å². The largest absolute Gasteiger partial charge is 0.360 e. The van der Waals surface area contributed by atoms with E-state index in [0.29, 0.717) is 32.4 Å². The van der Waals surface area contributed by atoms with Gasteiger partial charge >= 0.3 is 0 Å². The zero-order valence-corrected chi connectivity index (χ0v) is 16.2. The maximum Gasteiger partial charge on any atom is 0.227 e. The average Bonchev–Trinajstić information content (AvgIpc) is 3.11. The molecule has 7 heteroatoms. The minimum absolute atomic E-state index is 0.0265. The van der Waals surface area contributed by atoms with Crippen LogP contribution in [0.3, 0.4) is 0 Å². The van der Waals surface area contributed by atoms with Crippen molar-refractivity contribution < 1.29 is 14.1 Å². The lowest BCUT2D eigenvalue weighted by Crippen LogP contribution is -2.48. The first-order valence-corrected chi connectivity index (χ1v) is 9.89. The number of aromatic nitrogens is 1. The number of para-hydroxylation sites is 1. The molecular weight excluding hydrogens is 356 g/mol. The van der Waals surface area contributed by atoms with Crippen LogP contribution in [0, 0.1) is 12.8 Å². The van der Waals surface area contributed by atoms with Crippen LogP contribution in [0.5, 0.6) is 0 Å². The van der Waals surface area contributed by atoms with Crippen LogP contribution in [0.4, 0.5) is 5.69 Å². The molecule has 0 radical (unpaired) electrons. The van der Waals surface area contributed by atoms with E-state index in [0.717, 1.165) is 42.3 Å². The molecular formula is C21H26N4O3. The van der Waals surface area contributed by atoms with Crippen molar-refractivity contribution in [3.63, 3.8) is 0 Å². The second kappa shape index (κ2) is 8.14. The van der Waals surface area contributed by atoms with Crippen molar-refractivity contribution in [2.45, 2.75) is 32.7 Å². The van der Waals surface area contributed by atoms with Crippen molar-refractivity contribution in [2.24, 2.45) is 5.92 Å². The van der Waals surface area contributed by atoms with Crippen molar-refractivity contribution in [1.29, 1.82) is 0 Å². The lowest BCUT2D eigenvalue weighted by Gasteiger charge is -2.34. The second-order valence-electron chi connectivity index (χ2n) is 7.68. The highest BCUT2D eigenvalue weighted by atomic mass is 16.5. The molecule has 2 aliphatic heterocycles. The summed E-state index contributed by atoms with van der Waals surface area (Å²) in [6, 6.07) is 9.82. The quantitative estimate of drug-likeness (QED) is 0.858. The van der Waals surface area contributed by atoms with Gasteiger partial charge in [0.2, 0.25) is 11.8 Å². The molecule has 0 spiro atoms. The Kier molecular flexibility index (Phi) is 5.43. The summed E-state index contributed by atoms with van der Waals surface area (Å²) in [6.45, 7) is 5.71. The number of amides is 2. The molecule has 1 atom stereocenters. The van der Waals surface area contributed by atoms with E-state index in [-0.39, 0.29) is 17.7 Å². The van der Waals surface area contributed by atoms with E-state index in [2.05, 4.69) is 15.4 Å². The van der Waals surface area contributed by atoms with Gasteiger partial charge in [0, 0.05) is 50.3 Å². The molecule has 4 rings (SSSR count). The number of anilines is 1. The first kappa shape index (κ1) is 18.7. The number of carbonyl (C=O) groups excluding carboxylic acids is 2. The molecule has 1 aromatic carbocycles. The third kappa shape index (κ3) is 4.25. The molecule has 3 heterocycles. The number of carbonyl (C=O) groups is 2. The summed E-state index contributed by atoms with van der Waals surface area (Å²) in [4.78, 5) is 29.1. The predicted molar refractivity (Wildman–Crippen MR) is 105 cm³/mol. The molecule has 1 aromatic heterocycles. The highest BCUT2D eigenvalue weighted by Gasteiger charge is 2.28. The molecule has 0 bridgehead atoms. The highest BCUT2D eigenvalue weighted by Crippen LogP contribution is 2.27. The van der Waals surface area contributed by atoms with Crippen molar-refractivity contribution in [2.75, 3.05) is 31.5 Å². The van der Waals surface area contributed by atoms with Gasteiger partial charge in [-0.2, -0.15) is 0 Å². The van der Waals surface area contributed by atoms with Gasteiger partial charge < -0.3 is 14.7 Å². The summed E-state index contributed by atoms with van der Waals surface area (Å²) in [6.07, 6.45) is 1.72. The number of fused-ring (bicyclic) bond motifs is 1. The zero-order valence-electron chi connectivity index (χ0n) is 16.2. The van der Waals surface area contributed by atoms with Gasteiger partial charge in [0.15, 0.2) is 5.76 Å². The standard InChI is InChI=1S/C21H26N4O3/c1-15-12-18(28-23-15)14-24-8-10-25(11-9-24)20(26)7-6-17-13-16-4-2-3-5-19(16)22-21(17)27/h2-5,12,17H,6-11,13-14H2,1H3,(H,22,27). The summed E-state index contributed by atoms with van der Waals surface area (Å²) in [5.41, 5.74) is 2.93. The summed E-state index contributed by atoms with van der Waals surface area (Å²) in [5, 5.41) is 6.87. The Balaban J connectivity index is 1.23. The van der Waals surface area contributed by atoms with Gasteiger partial charge in [-0.1, -0.05) is 23.4 Å². The summed E-state index contributed by atoms with van der Waals surface area (Å²) in [5.74, 6) is 0.899. The third-order valence-corrected chi connectivity index (χ3v) is 5.60. The van der Waals surface area contributed by atoms with Crippen LogP contribution in [-0.4, -0.2) is 52.9 Å². The van der Waals surface area contributed by atoms with Gasteiger partial charge in [0.25, 0.3) is 0 Å². The average molecular weight is 382 g/mol. The molecule has 7 nitrogen and oxygen atoms in total. The zero-order chi connectivity index (χ0) is 19.5. The predicted octanol–water partition coefficient (Wildman–Crippen LogP) is 2.22. The van der Waals surface area contributed by atoms with E-state index in [9.17, 15) is 9.59 Å². The lowest BCUT2D eigenvalue weighted by molar-refractivity contribution is -0.133. The molecule has 0 saturated carbocycles. The summed E-state index contributed by atoms with van der Waals surface area (Å²) in [7, 11) is 0. The maximum atomic E-state index is 12.6. The van der Waals surface area contributed by atoms with E-state index in [1.807, 2.05) is 42.2 Å². The number of nitrogens with one attached hydrogen (secondary N) is 1. The Bertz CT molecular complexity index is 855. The Morgan fingerprint density at radius 1 is 1.25 bits per heavy atom. The van der Waals surface area contributed by atoms with Crippen LogP contribution in [0.15, 0.2) is 34.9 Å². The first-order valence-electron chi connectivity index (χ1n) is 9.89. The molecule has 1 unspecified atom stereocenters. The highest BCUT2D eigenvalue weighted by molar-refractivity contribution is 5.96. The van der Waals surface area contributed by atoms with Crippen LogP contribution in [0.1, 0.15) is 29.9 Å². The number of rotatable bonds is 5. The molecule has 1 fully saturated rings. The van der Waals surface area contributed by atoms with Crippen LogP contribution >= 0.6 is 0 Å².